The fourth-order valence-corrected chi connectivity index (χ4v) is 6.31. The maximum Gasteiger partial charge on any atom is 0.233 e. The van der Waals surface area contributed by atoms with E-state index >= 15 is 0 Å². The highest BCUT2D eigenvalue weighted by molar-refractivity contribution is 9.09. The highest BCUT2D eigenvalue weighted by Crippen LogP contribution is 2.57. The Morgan fingerprint density at radius 3 is 1.21 bits per heavy atom. The van der Waals surface area contributed by atoms with Gasteiger partial charge in [-0.25, -0.2) is 0 Å². The molecule has 4 unspecified atom stereocenters. The van der Waals surface area contributed by atoms with Crippen molar-refractivity contribution in [2.45, 2.75) is 25.7 Å². The summed E-state index contributed by atoms with van der Waals surface area (Å²) in [6.07, 6.45) is 7.15. The van der Waals surface area contributed by atoms with Crippen molar-refractivity contribution >= 4 is 55.5 Å². The molecule has 2 saturated heterocycles. The van der Waals surface area contributed by atoms with Gasteiger partial charge in [0.05, 0.1) is 23.7 Å². The summed E-state index contributed by atoms with van der Waals surface area (Å²) in [5, 5.41) is 1.67. The van der Waals surface area contributed by atoms with Gasteiger partial charge in [-0.3, -0.25) is 29.0 Å². The molecule has 2 bridgehead atoms. The zero-order valence-electron chi connectivity index (χ0n) is 15.6. The number of rotatable bonds is 8. The maximum absolute atomic E-state index is 13.0. The number of carbonyl (C=O) groups excluding carboxylic acids is 4. The van der Waals surface area contributed by atoms with E-state index in [1.807, 2.05) is 12.2 Å². The molecule has 6 nitrogen and oxygen atoms in total. The molecule has 5 aliphatic rings. The fourth-order valence-electron chi connectivity index (χ4n) is 5.52. The Bertz CT molecular complexity index is 636. The van der Waals surface area contributed by atoms with E-state index in [1.165, 1.54) is 9.80 Å². The van der Waals surface area contributed by atoms with Crippen LogP contribution in [0.5, 0.6) is 0 Å². The Morgan fingerprint density at radius 1 is 0.607 bits per heavy atom. The van der Waals surface area contributed by atoms with E-state index in [1.54, 1.807) is 0 Å². The van der Waals surface area contributed by atoms with Crippen molar-refractivity contribution in [3.05, 3.63) is 12.2 Å². The number of carbonyl (C=O) groups is 4. The lowest BCUT2D eigenvalue weighted by atomic mass is 9.54. The molecule has 3 aliphatic carbocycles. The summed E-state index contributed by atoms with van der Waals surface area (Å²) >= 11 is 6.75. The van der Waals surface area contributed by atoms with Gasteiger partial charge in [0.15, 0.2) is 0 Å². The minimum absolute atomic E-state index is 0.152. The smallest absolute Gasteiger partial charge is 0.233 e. The molecular weight excluding hydrogens is 492 g/mol. The first-order chi connectivity index (χ1) is 13.5. The molecule has 2 aliphatic heterocycles. The van der Waals surface area contributed by atoms with Crippen LogP contribution in [0.15, 0.2) is 12.2 Å². The molecule has 0 N–H and O–H groups in total. The van der Waals surface area contributed by atoms with Crippen LogP contribution in [0.25, 0.3) is 0 Å². The quantitative estimate of drug-likeness (QED) is 0.215. The van der Waals surface area contributed by atoms with E-state index in [4.69, 9.17) is 0 Å². The third kappa shape index (κ3) is 2.93. The average molecular weight is 516 g/mol. The number of hydrogen-bond donors (Lipinski definition) is 0. The third-order valence-corrected chi connectivity index (χ3v) is 7.84. The summed E-state index contributed by atoms with van der Waals surface area (Å²) in [5.74, 6) is -3.20. The lowest BCUT2D eigenvalue weighted by Crippen LogP contribution is -2.50. The number of halogens is 2. The molecule has 0 aromatic heterocycles. The number of alkyl halides is 2. The Kier molecular flexibility index (Phi) is 5.80. The number of imide groups is 2. The Labute approximate surface area is 181 Å². The van der Waals surface area contributed by atoms with Gasteiger partial charge in [-0.2, -0.15) is 0 Å². The molecule has 152 valence electrons. The first-order valence-corrected chi connectivity index (χ1v) is 12.3. The minimum atomic E-state index is -0.480. The number of allylic oxidation sites excluding steroid dienone is 2. The zero-order chi connectivity index (χ0) is 20.0. The van der Waals surface area contributed by atoms with Crippen LogP contribution in [0, 0.1) is 35.5 Å². The van der Waals surface area contributed by atoms with Gasteiger partial charge >= 0.3 is 0 Å². The molecule has 4 amide bonds. The molecule has 28 heavy (non-hydrogen) atoms. The SMILES string of the molecule is O=C1C2C3C=CC(C2C(=O)N1CCCCBr)C1C(=O)N(CCCCBr)C(=O)C31. The van der Waals surface area contributed by atoms with Gasteiger partial charge in [-0.15, -0.1) is 0 Å². The second-order valence-corrected chi connectivity index (χ2v) is 9.68. The normalized spacial score (nSPS) is 35.9. The molecular formula is C20H24Br2N2O4. The fraction of sp³-hybridized carbons (Fsp3) is 0.700. The lowest BCUT2D eigenvalue weighted by Gasteiger charge is -2.44. The topological polar surface area (TPSA) is 74.8 Å². The zero-order valence-corrected chi connectivity index (χ0v) is 18.7. The Hall–Kier alpha value is -1.02. The molecule has 0 spiro atoms. The standard InChI is InChI=1S/C20H24Br2N2O4/c21-7-1-3-9-23-17(25)13-11-5-6-12(14(13)18(23)26)16-15(11)19(27)24(20(16)28)10-4-2-8-22/h5-6,11-16H,1-4,7-10H2. The molecule has 1 saturated carbocycles. The van der Waals surface area contributed by atoms with Crippen molar-refractivity contribution in [1.29, 1.82) is 0 Å². The van der Waals surface area contributed by atoms with Gasteiger partial charge in [0.1, 0.15) is 0 Å². The average Bonchev–Trinajstić information content (AvgIpc) is 3.11. The van der Waals surface area contributed by atoms with Crippen LogP contribution in [0.3, 0.4) is 0 Å². The Morgan fingerprint density at radius 2 is 0.929 bits per heavy atom. The van der Waals surface area contributed by atoms with Gasteiger partial charge in [-0.05, 0) is 25.7 Å². The van der Waals surface area contributed by atoms with E-state index in [9.17, 15) is 19.2 Å². The number of amides is 4. The van der Waals surface area contributed by atoms with Crippen molar-refractivity contribution in [3.63, 3.8) is 0 Å². The lowest BCUT2D eigenvalue weighted by molar-refractivity contribution is -0.140. The van der Waals surface area contributed by atoms with E-state index in [0.29, 0.717) is 13.1 Å². The maximum atomic E-state index is 13.0. The summed E-state index contributed by atoms with van der Waals surface area (Å²) in [4.78, 5) is 55.0. The number of likely N-dealkylation sites (tertiary alicyclic amines) is 2. The van der Waals surface area contributed by atoms with Gasteiger partial charge in [-0.1, -0.05) is 44.0 Å². The largest absolute Gasteiger partial charge is 0.282 e. The van der Waals surface area contributed by atoms with Crippen molar-refractivity contribution in [2.75, 3.05) is 23.7 Å². The molecule has 3 fully saturated rings. The van der Waals surface area contributed by atoms with E-state index in [0.717, 1.165) is 36.3 Å². The van der Waals surface area contributed by atoms with Crippen molar-refractivity contribution in [3.8, 4) is 0 Å². The number of hydrogen-bond acceptors (Lipinski definition) is 4. The third-order valence-electron chi connectivity index (χ3n) is 6.72. The number of nitrogens with zero attached hydrogens (tertiary/aromatic N) is 2. The van der Waals surface area contributed by atoms with Gasteiger partial charge in [0, 0.05) is 35.6 Å². The number of unbranched alkanes of at least 4 members (excludes halogenated alkanes) is 2. The summed E-state index contributed by atoms with van der Waals surface area (Å²) in [6, 6.07) is 0. The highest BCUT2D eigenvalue weighted by Gasteiger charge is 2.68. The molecule has 8 heteroatoms. The highest BCUT2D eigenvalue weighted by atomic mass is 79.9. The van der Waals surface area contributed by atoms with Crippen LogP contribution in [-0.2, 0) is 19.2 Å². The summed E-state index contributed by atoms with van der Waals surface area (Å²) in [5.41, 5.74) is 0. The van der Waals surface area contributed by atoms with Crippen LogP contribution < -0.4 is 0 Å². The first kappa shape index (κ1) is 20.3. The van der Waals surface area contributed by atoms with E-state index in [2.05, 4.69) is 31.9 Å². The van der Waals surface area contributed by atoms with Crippen LogP contribution in [-0.4, -0.2) is 57.2 Å². The molecule has 5 rings (SSSR count). The molecule has 2 heterocycles. The molecule has 0 aromatic carbocycles. The van der Waals surface area contributed by atoms with E-state index in [-0.39, 0.29) is 35.5 Å². The van der Waals surface area contributed by atoms with Gasteiger partial charge in [0.2, 0.25) is 23.6 Å². The molecule has 0 radical (unpaired) electrons. The predicted molar refractivity (Wildman–Crippen MR) is 110 cm³/mol. The first-order valence-electron chi connectivity index (χ1n) is 10.0. The van der Waals surface area contributed by atoms with Crippen LogP contribution >= 0.6 is 31.9 Å². The summed E-state index contributed by atoms with van der Waals surface area (Å²) in [6.45, 7) is 0.844. The summed E-state index contributed by atoms with van der Waals surface area (Å²) < 4.78 is 0. The van der Waals surface area contributed by atoms with Crippen molar-refractivity contribution in [2.24, 2.45) is 35.5 Å². The Balaban J connectivity index is 1.58. The second-order valence-electron chi connectivity index (χ2n) is 8.09. The van der Waals surface area contributed by atoms with E-state index < -0.39 is 23.7 Å². The second kappa shape index (κ2) is 8.01. The predicted octanol–water partition coefficient (Wildman–Crippen LogP) is 2.35. The van der Waals surface area contributed by atoms with Crippen LogP contribution in [0.2, 0.25) is 0 Å². The van der Waals surface area contributed by atoms with Crippen LogP contribution in [0.1, 0.15) is 25.7 Å². The van der Waals surface area contributed by atoms with Crippen molar-refractivity contribution < 1.29 is 19.2 Å². The minimum Gasteiger partial charge on any atom is -0.282 e. The summed E-state index contributed by atoms with van der Waals surface area (Å²) in [7, 11) is 0. The molecule has 4 atom stereocenters. The molecule has 0 aromatic rings. The van der Waals surface area contributed by atoms with Crippen LogP contribution in [0.4, 0.5) is 0 Å². The monoisotopic (exact) mass is 514 g/mol. The van der Waals surface area contributed by atoms with Gasteiger partial charge < -0.3 is 0 Å². The van der Waals surface area contributed by atoms with Gasteiger partial charge in [0.25, 0.3) is 0 Å². The van der Waals surface area contributed by atoms with Crippen molar-refractivity contribution in [1.82, 2.24) is 9.80 Å².